The first-order valence-corrected chi connectivity index (χ1v) is 6.42. The quantitative estimate of drug-likeness (QED) is 0.864. The van der Waals surface area contributed by atoms with E-state index in [-0.39, 0.29) is 5.82 Å². The van der Waals surface area contributed by atoms with Crippen molar-refractivity contribution in [2.75, 3.05) is 25.0 Å². The highest BCUT2D eigenvalue weighted by molar-refractivity contribution is 5.50. The summed E-state index contributed by atoms with van der Waals surface area (Å²) < 4.78 is 14.0. The van der Waals surface area contributed by atoms with Gasteiger partial charge in [-0.25, -0.2) is 4.39 Å². The van der Waals surface area contributed by atoms with Crippen molar-refractivity contribution in [2.45, 2.75) is 26.3 Å². The van der Waals surface area contributed by atoms with Crippen LogP contribution in [0.1, 0.15) is 25.3 Å². The van der Waals surface area contributed by atoms with Crippen LogP contribution in [0.2, 0.25) is 0 Å². The molecule has 0 aliphatic carbocycles. The monoisotopic (exact) mass is 236 g/mol. The van der Waals surface area contributed by atoms with E-state index < -0.39 is 0 Å². The highest BCUT2D eigenvalue weighted by Gasteiger charge is 2.23. The van der Waals surface area contributed by atoms with Crippen LogP contribution in [0, 0.1) is 11.7 Å². The second-order valence-electron chi connectivity index (χ2n) is 4.83. The molecule has 1 unspecified atom stereocenters. The van der Waals surface area contributed by atoms with Crippen LogP contribution in [0.15, 0.2) is 18.2 Å². The van der Waals surface area contributed by atoms with Gasteiger partial charge in [0.2, 0.25) is 0 Å². The number of anilines is 1. The molecule has 1 aliphatic heterocycles. The summed E-state index contributed by atoms with van der Waals surface area (Å²) in [5, 5.41) is 3.04. The first-order valence-electron chi connectivity index (χ1n) is 6.42. The van der Waals surface area contributed by atoms with Crippen molar-refractivity contribution in [1.82, 2.24) is 5.32 Å². The molecule has 1 aliphatic rings. The Hall–Kier alpha value is -1.09. The minimum Gasteiger partial charge on any atom is -0.369 e. The highest BCUT2D eigenvalue weighted by Crippen LogP contribution is 2.28. The summed E-state index contributed by atoms with van der Waals surface area (Å²) in [6.07, 6.45) is 2.38. The molecule has 0 radical (unpaired) electrons. The normalized spacial score (nSPS) is 19.9. The van der Waals surface area contributed by atoms with E-state index in [9.17, 15) is 4.39 Å². The van der Waals surface area contributed by atoms with Gasteiger partial charge in [-0.05, 0) is 37.1 Å². The van der Waals surface area contributed by atoms with Crippen molar-refractivity contribution >= 4 is 5.69 Å². The summed E-state index contributed by atoms with van der Waals surface area (Å²) in [7, 11) is 1.87. The fraction of sp³-hybridized carbons (Fsp3) is 0.571. The van der Waals surface area contributed by atoms with Gasteiger partial charge in [0.05, 0.1) is 5.69 Å². The second kappa shape index (κ2) is 5.50. The molecule has 0 spiro atoms. The molecular formula is C14H21FN2. The van der Waals surface area contributed by atoms with Crippen LogP contribution in [0.25, 0.3) is 0 Å². The predicted octanol–water partition coefficient (Wildman–Crippen LogP) is 2.78. The van der Waals surface area contributed by atoms with E-state index >= 15 is 0 Å². The van der Waals surface area contributed by atoms with Crippen molar-refractivity contribution in [1.29, 1.82) is 0 Å². The van der Waals surface area contributed by atoms with E-state index in [1.165, 1.54) is 12.8 Å². The third-order valence-corrected chi connectivity index (χ3v) is 3.60. The zero-order valence-corrected chi connectivity index (χ0v) is 10.7. The number of halogens is 1. The second-order valence-corrected chi connectivity index (χ2v) is 4.83. The van der Waals surface area contributed by atoms with Gasteiger partial charge >= 0.3 is 0 Å². The van der Waals surface area contributed by atoms with Crippen LogP contribution in [0.5, 0.6) is 0 Å². The van der Waals surface area contributed by atoms with Gasteiger partial charge in [-0.1, -0.05) is 19.4 Å². The molecule has 2 rings (SSSR count). The lowest BCUT2D eigenvalue weighted by atomic mass is 10.1. The molecular weight excluding hydrogens is 215 g/mol. The van der Waals surface area contributed by atoms with Crippen LogP contribution >= 0.6 is 0 Å². The summed E-state index contributed by atoms with van der Waals surface area (Å²) in [5.74, 6) is 0.640. The molecule has 0 aromatic heterocycles. The van der Waals surface area contributed by atoms with Gasteiger partial charge in [0.25, 0.3) is 0 Å². The van der Waals surface area contributed by atoms with Crippen molar-refractivity contribution < 1.29 is 4.39 Å². The lowest BCUT2D eigenvalue weighted by molar-refractivity contribution is 0.567. The first kappa shape index (κ1) is 12.4. The number of benzene rings is 1. The van der Waals surface area contributed by atoms with Gasteiger partial charge < -0.3 is 10.2 Å². The van der Waals surface area contributed by atoms with Gasteiger partial charge in [-0.2, -0.15) is 0 Å². The Labute approximate surface area is 103 Å². The Balaban J connectivity index is 2.11. The standard InChI is InChI=1S/C14H21FN2/c1-3-11-6-7-17(10-11)14-5-4-12(9-16-2)8-13(14)15/h4-5,8,11,16H,3,6-7,9-10H2,1-2H3. The topological polar surface area (TPSA) is 15.3 Å². The smallest absolute Gasteiger partial charge is 0.146 e. The van der Waals surface area contributed by atoms with Crippen LogP contribution in [0.4, 0.5) is 10.1 Å². The minimum absolute atomic E-state index is 0.0884. The number of rotatable bonds is 4. The molecule has 3 heteroatoms. The minimum atomic E-state index is -0.0884. The maximum absolute atomic E-state index is 14.0. The number of nitrogens with zero attached hydrogens (tertiary/aromatic N) is 1. The fourth-order valence-electron chi connectivity index (χ4n) is 2.51. The average Bonchev–Trinajstić information content (AvgIpc) is 2.78. The van der Waals surface area contributed by atoms with Crippen LogP contribution in [-0.2, 0) is 6.54 Å². The Bertz CT molecular complexity index is 378. The summed E-state index contributed by atoms with van der Waals surface area (Å²) >= 11 is 0. The van der Waals surface area contributed by atoms with Crippen molar-refractivity contribution in [3.63, 3.8) is 0 Å². The van der Waals surface area contributed by atoms with Gasteiger partial charge in [-0.3, -0.25) is 0 Å². The molecule has 1 N–H and O–H groups in total. The molecule has 1 atom stereocenters. The largest absolute Gasteiger partial charge is 0.369 e. The average molecular weight is 236 g/mol. The molecule has 1 heterocycles. The van der Waals surface area contributed by atoms with E-state index in [2.05, 4.69) is 17.1 Å². The number of hydrogen-bond acceptors (Lipinski definition) is 2. The van der Waals surface area contributed by atoms with Crippen molar-refractivity contribution in [3.8, 4) is 0 Å². The summed E-state index contributed by atoms with van der Waals surface area (Å²) in [4.78, 5) is 2.17. The third-order valence-electron chi connectivity index (χ3n) is 3.60. The van der Waals surface area contributed by atoms with Gasteiger partial charge in [0.15, 0.2) is 0 Å². The van der Waals surface area contributed by atoms with Crippen molar-refractivity contribution in [3.05, 3.63) is 29.6 Å². The maximum Gasteiger partial charge on any atom is 0.146 e. The van der Waals surface area contributed by atoms with E-state index in [0.717, 1.165) is 36.8 Å². The molecule has 0 bridgehead atoms. The maximum atomic E-state index is 14.0. The zero-order chi connectivity index (χ0) is 12.3. The van der Waals surface area contributed by atoms with Crippen LogP contribution < -0.4 is 10.2 Å². The Morgan fingerprint density at radius 2 is 2.29 bits per heavy atom. The van der Waals surface area contributed by atoms with E-state index in [4.69, 9.17) is 0 Å². The van der Waals surface area contributed by atoms with E-state index in [1.807, 2.05) is 19.2 Å². The van der Waals surface area contributed by atoms with E-state index in [1.54, 1.807) is 6.07 Å². The van der Waals surface area contributed by atoms with E-state index in [0.29, 0.717) is 0 Å². The predicted molar refractivity (Wildman–Crippen MR) is 69.8 cm³/mol. The molecule has 94 valence electrons. The summed E-state index contributed by atoms with van der Waals surface area (Å²) in [6, 6.07) is 5.57. The summed E-state index contributed by atoms with van der Waals surface area (Å²) in [6.45, 7) is 4.91. The zero-order valence-electron chi connectivity index (χ0n) is 10.7. The van der Waals surface area contributed by atoms with Gasteiger partial charge in [0.1, 0.15) is 5.82 Å². The molecule has 1 fully saturated rings. The molecule has 1 aromatic rings. The lowest BCUT2D eigenvalue weighted by Gasteiger charge is -2.19. The number of hydrogen-bond donors (Lipinski definition) is 1. The summed E-state index contributed by atoms with van der Waals surface area (Å²) in [5.41, 5.74) is 1.76. The Kier molecular flexibility index (Phi) is 4.00. The SMILES string of the molecule is CCC1CCN(c2ccc(CNC)cc2F)C1. The molecule has 2 nitrogen and oxygen atoms in total. The molecule has 1 saturated heterocycles. The molecule has 0 saturated carbocycles. The molecule has 1 aromatic carbocycles. The van der Waals surface area contributed by atoms with Crippen LogP contribution in [0.3, 0.4) is 0 Å². The van der Waals surface area contributed by atoms with Gasteiger partial charge in [0, 0.05) is 19.6 Å². The third kappa shape index (κ3) is 2.78. The first-order chi connectivity index (χ1) is 8.24. The lowest BCUT2D eigenvalue weighted by Crippen LogP contribution is -2.20. The Morgan fingerprint density at radius 1 is 1.47 bits per heavy atom. The Morgan fingerprint density at radius 3 is 2.88 bits per heavy atom. The molecule has 0 amide bonds. The fourth-order valence-corrected chi connectivity index (χ4v) is 2.51. The molecule has 17 heavy (non-hydrogen) atoms. The van der Waals surface area contributed by atoms with Gasteiger partial charge in [-0.15, -0.1) is 0 Å². The highest BCUT2D eigenvalue weighted by atomic mass is 19.1. The number of nitrogens with one attached hydrogen (secondary N) is 1. The van der Waals surface area contributed by atoms with Crippen molar-refractivity contribution in [2.24, 2.45) is 5.92 Å². The van der Waals surface area contributed by atoms with Crippen LogP contribution in [-0.4, -0.2) is 20.1 Å².